The molecule has 28 heavy (non-hydrogen) atoms. The lowest BCUT2D eigenvalue weighted by Crippen LogP contribution is -2.48. The lowest BCUT2D eigenvalue weighted by Gasteiger charge is -2.37. The van der Waals surface area contributed by atoms with Gasteiger partial charge in [0.15, 0.2) is 5.96 Å². The number of nitrogens with zero attached hydrogens (tertiary/aromatic N) is 2. The van der Waals surface area contributed by atoms with Crippen LogP contribution in [0.15, 0.2) is 4.99 Å². The molecular formula is C19H35F3N4OS. The van der Waals surface area contributed by atoms with Crippen molar-refractivity contribution < 1.29 is 17.9 Å². The van der Waals surface area contributed by atoms with E-state index in [1.807, 2.05) is 11.8 Å². The van der Waals surface area contributed by atoms with Crippen molar-refractivity contribution >= 4 is 17.7 Å². The van der Waals surface area contributed by atoms with Crippen molar-refractivity contribution in [2.75, 3.05) is 58.7 Å². The van der Waals surface area contributed by atoms with E-state index in [4.69, 9.17) is 4.74 Å². The van der Waals surface area contributed by atoms with E-state index in [0.29, 0.717) is 19.0 Å². The molecule has 0 saturated carbocycles. The fraction of sp³-hybridized carbons (Fsp3) is 0.947. The molecule has 0 bridgehead atoms. The molecule has 2 heterocycles. The molecular weight excluding hydrogens is 389 g/mol. The molecule has 2 aliphatic heterocycles. The Labute approximate surface area is 171 Å². The van der Waals surface area contributed by atoms with Gasteiger partial charge in [0.1, 0.15) is 0 Å². The van der Waals surface area contributed by atoms with Gasteiger partial charge in [-0.25, -0.2) is 0 Å². The lowest BCUT2D eigenvalue weighted by molar-refractivity contribution is -0.148. The monoisotopic (exact) mass is 424 g/mol. The zero-order valence-electron chi connectivity index (χ0n) is 17.1. The van der Waals surface area contributed by atoms with Gasteiger partial charge in [-0.3, -0.25) is 9.89 Å². The largest absolute Gasteiger partial charge is 0.401 e. The summed E-state index contributed by atoms with van der Waals surface area (Å²) < 4.78 is 43.1. The molecule has 0 spiro atoms. The zero-order valence-corrected chi connectivity index (χ0v) is 17.9. The van der Waals surface area contributed by atoms with Crippen LogP contribution in [0.4, 0.5) is 13.2 Å². The number of likely N-dealkylation sites (tertiary alicyclic amines) is 1. The summed E-state index contributed by atoms with van der Waals surface area (Å²) in [7, 11) is 1.77. The zero-order chi connectivity index (χ0) is 20.5. The predicted octanol–water partition coefficient (Wildman–Crippen LogP) is 3.12. The van der Waals surface area contributed by atoms with Gasteiger partial charge in [-0.15, -0.1) is 0 Å². The normalized spacial score (nSPS) is 22.2. The van der Waals surface area contributed by atoms with Crippen LogP contribution in [0, 0.1) is 5.92 Å². The Bertz CT molecular complexity index is 471. The minimum absolute atomic E-state index is 0.204. The predicted molar refractivity (Wildman–Crippen MR) is 110 cm³/mol. The molecule has 0 aromatic rings. The number of guanidine groups is 1. The summed E-state index contributed by atoms with van der Waals surface area (Å²) in [6.45, 7) is 5.77. The quantitative estimate of drug-likeness (QED) is 0.463. The van der Waals surface area contributed by atoms with Crippen molar-refractivity contribution in [3.63, 3.8) is 0 Å². The number of alkyl halides is 3. The van der Waals surface area contributed by atoms with E-state index in [0.717, 1.165) is 70.1 Å². The molecule has 2 aliphatic rings. The van der Waals surface area contributed by atoms with E-state index in [1.165, 1.54) is 4.90 Å². The fourth-order valence-corrected chi connectivity index (χ4v) is 5.21. The Balaban J connectivity index is 1.66. The van der Waals surface area contributed by atoms with Crippen molar-refractivity contribution in [3.05, 3.63) is 0 Å². The van der Waals surface area contributed by atoms with E-state index in [-0.39, 0.29) is 4.75 Å². The van der Waals surface area contributed by atoms with Crippen molar-refractivity contribution in [2.24, 2.45) is 10.9 Å². The third-order valence-corrected chi connectivity index (χ3v) is 7.06. The van der Waals surface area contributed by atoms with Gasteiger partial charge in [0.2, 0.25) is 0 Å². The van der Waals surface area contributed by atoms with Gasteiger partial charge in [-0.1, -0.05) is 6.92 Å². The standard InChI is InChI=1S/C19H35F3N4OS/c1-3-28-18(7-12-27-13-8-18)14-25-17(23-2)24-9-4-16-5-10-26(11-6-16)15-19(20,21)22/h16H,3-15H2,1-2H3,(H2,23,24,25). The molecule has 9 heteroatoms. The smallest absolute Gasteiger partial charge is 0.381 e. The topological polar surface area (TPSA) is 48.9 Å². The number of hydrogen-bond donors (Lipinski definition) is 2. The van der Waals surface area contributed by atoms with Crippen LogP contribution in [0.3, 0.4) is 0 Å². The second kappa shape index (κ2) is 11.5. The van der Waals surface area contributed by atoms with Gasteiger partial charge in [0, 0.05) is 38.1 Å². The number of thioether (sulfide) groups is 1. The van der Waals surface area contributed by atoms with E-state index in [2.05, 4.69) is 22.5 Å². The van der Waals surface area contributed by atoms with Gasteiger partial charge in [-0.2, -0.15) is 24.9 Å². The molecule has 164 valence electrons. The summed E-state index contributed by atoms with van der Waals surface area (Å²) >= 11 is 1.99. The van der Waals surface area contributed by atoms with Crippen LogP contribution in [0.5, 0.6) is 0 Å². The number of nitrogens with one attached hydrogen (secondary N) is 2. The minimum atomic E-state index is -4.09. The summed E-state index contributed by atoms with van der Waals surface area (Å²) in [5.74, 6) is 2.37. The van der Waals surface area contributed by atoms with Crippen LogP contribution >= 0.6 is 11.8 Å². The lowest BCUT2D eigenvalue weighted by atomic mass is 9.93. The Kier molecular flexibility index (Phi) is 9.69. The van der Waals surface area contributed by atoms with Gasteiger partial charge in [0.05, 0.1) is 6.54 Å². The highest BCUT2D eigenvalue weighted by atomic mass is 32.2. The number of ether oxygens (including phenoxy) is 1. The third kappa shape index (κ3) is 8.37. The summed E-state index contributed by atoms with van der Waals surface area (Å²) in [4.78, 5) is 5.84. The summed E-state index contributed by atoms with van der Waals surface area (Å²) in [6.07, 6.45) is 0.631. The van der Waals surface area contributed by atoms with Crippen molar-refractivity contribution in [3.8, 4) is 0 Å². The number of hydrogen-bond acceptors (Lipinski definition) is 4. The molecule has 2 rings (SSSR count). The number of rotatable bonds is 8. The molecule has 2 saturated heterocycles. The molecule has 0 unspecified atom stereocenters. The maximum atomic E-state index is 12.5. The van der Waals surface area contributed by atoms with Gasteiger partial charge in [0.25, 0.3) is 0 Å². The first-order valence-corrected chi connectivity index (χ1v) is 11.3. The molecule has 0 aromatic heterocycles. The van der Waals surface area contributed by atoms with E-state index in [1.54, 1.807) is 7.05 Å². The maximum Gasteiger partial charge on any atom is 0.401 e. The highest BCUT2D eigenvalue weighted by Gasteiger charge is 2.33. The fourth-order valence-electron chi connectivity index (χ4n) is 3.97. The molecule has 0 radical (unpaired) electrons. The minimum Gasteiger partial charge on any atom is -0.381 e. The summed E-state index contributed by atoms with van der Waals surface area (Å²) in [6, 6.07) is 0. The second-order valence-electron chi connectivity index (χ2n) is 7.70. The molecule has 0 aromatic carbocycles. The number of piperidine rings is 1. The van der Waals surface area contributed by atoms with Crippen LogP contribution in [0.1, 0.15) is 39.0 Å². The molecule has 2 fully saturated rings. The molecule has 2 N–H and O–H groups in total. The van der Waals surface area contributed by atoms with Crippen LogP contribution < -0.4 is 10.6 Å². The van der Waals surface area contributed by atoms with E-state index >= 15 is 0 Å². The maximum absolute atomic E-state index is 12.5. The van der Waals surface area contributed by atoms with Crippen LogP contribution in [-0.4, -0.2) is 80.5 Å². The Morgan fingerprint density at radius 1 is 1.21 bits per heavy atom. The van der Waals surface area contributed by atoms with Gasteiger partial charge < -0.3 is 15.4 Å². The average Bonchev–Trinajstić information content (AvgIpc) is 2.66. The van der Waals surface area contributed by atoms with Crippen LogP contribution in [-0.2, 0) is 4.74 Å². The van der Waals surface area contributed by atoms with Crippen LogP contribution in [0.25, 0.3) is 0 Å². The third-order valence-electron chi connectivity index (χ3n) is 5.61. The highest BCUT2D eigenvalue weighted by molar-refractivity contribution is 8.00. The average molecular weight is 425 g/mol. The Hall–Kier alpha value is -0.670. The first-order valence-electron chi connectivity index (χ1n) is 10.3. The molecule has 5 nitrogen and oxygen atoms in total. The first kappa shape index (κ1) is 23.6. The summed E-state index contributed by atoms with van der Waals surface area (Å²) in [5.41, 5.74) is 0. The molecule has 0 amide bonds. The van der Waals surface area contributed by atoms with Crippen molar-refractivity contribution in [1.82, 2.24) is 15.5 Å². The SMILES string of the molecule is CCSC1(CNC(=NC)NCCC2CCN(CC(F)(F)F)CC2)CCOCC1. The van der Waals surface area contributed by atoms with E-state index < -0.39 is 12.7 Å². The Morgan fingerprint density at radius 2 is 1.89 bits per heavy atom. The Morgan fingerprint density at radius 3 is 2.46 bits per heavy atom. The second-order valence-corrected chi connectivity index (χ2v) is 9.44. The van der Waals surface area contributed by atoms with Crippen LogP contribution in [0.2, 0.25) is 0 Å². The summed E-state index contributed by atoms with van der Waals surface area (Å²) in [5, 5.41) is 6.83. The van der Waals surface area contributed by atoms with Gasteiger partial charge in [-0.05, 0) is 56.9 Å². The van der Waals surface area contributed by atoms with Crippen molar-refractivity contribution in [1.29, 1.82) is 0 Å². The van der Waals surface area contributed by atoms with E-state index in [9.17, 15) is 13.2 Å². The molecule has 0 aliphatic carbocycles. The number of halogens is 3. The number of aliphatic imine (C=N–C) groups is 1. The van der Waals surface area contributed by atoms with Crippen molar-refractivity contribution in [2.45, 2.75) is 50.0 Å². The molecule has 0 atom stereocenters. The van der Waals surface area contributed by atoms with Gasteiger partial charge >= 0.3 is 6.18 Å². The first-order chi connectivity index (χ1) is 13.4. The highest BCUT2D eigenvalue weighted by Crippen LogP contribution is 2.34.